The standard InChI is InChI=1S/C20H15ClFN3O2/c21-15-7-5-13(6-8-15)12-24-19(26)14-9-10-23-18(11-14)20(27)25-17-4-2-1-3-16(17)22/h1-11H,12H2,(H,24,26)(H,25,27). The molecule has 136 valence electrons. The molecule has 0 saturated heterocycles. The number of rotatable bonds is 5. The Labute approximate surface area is 160 Å². The average Bonchev–Trinajstić information content (AvgIpc) is 2.69. The van der Waals surface area contributed by atoms with Crippen molar-refractivity contribution >= 4 is 29.1 Å². The predicted octanol–water partition coefficient (Wildman–Crippen LogP) is 4.06. The second kappa shape index (κ2) is 8.42. The number of carbonyl (C=O) groups excluding carboxylic acids is 2. The molecule has 0 unspecified atom stereocenters. The van der Waals surface area contributed by atoms with Crippen LogP contribution in [0.5, 0.6) is 0 Å². The van der Waals surface area contributed by atoms with E-state index in [-0.39, 0.29) is 22.9 Å². The van der Waals surface area contributed by atoms with E-state index in [0.29, 0.717) is 11.6 Å². The van der Waals surface area contributed by atoms with Crippen LogP contribution in [0.15, 0.2) is 66.9 Å². The van der Waals surface area contributed by atoms with Crippen LogP contribution in [0.25, 0.3) is 0 Å². The van der Waals surface area contributed by atoms with E-state index < -0.39 is 11.7 Å². The summed E-state index contributed by atoms with van der Waals surface area (Å²) in [4.78, 5) is 28.5. The summed E-state index contributed by atoms with van der Waals surface area (Å²) in [6.45, 7) is 0.315. The van der Waals surface area contributed by atoms with Crippen LogP contribution in [-0.4, -0.2) is 16.8 Å². The maximum Gasteiger partial charge on any atom is 0.274 e. The van der Waals surface area contributed by atoms with Crippen molar-refractivity contribution in [3.8, 4) is 0 Å². The summed E-state index contributed by atoms with van der Waals surface area (Å²) in [5.41, 5.74) is 1.22. The van der Waals surface area contributed by atoms with Crippen molar-refractivity contribution in [1.29, 1.82) is 0 Å². The molecule has 0 atom stereocenters. The van der Waals surface area contributed by atoms with Crippen LogP contribution < -0.4 is 10.6 Å². The Bertz CT molecular complexity index is 977. The third-order valence-corrected chi connectivity index (χ3v) is 4.00. The summed E-state index contributed by atoms with van der Waals surface area (Å²) < 4.78 is 13.7. The van der Waals surface area contributed by atoms with E-state index in [2.05, 4.69) is 15.6 Å². The topological polar surface area (TPSA) is 71.1 Å². The number of para-hydroxylation sites is 1. The first-order valence-corrected chi connectivity index (χ1v) is 8.45. The number of hydrogen-bond acceptors (Lipinski definition) is 3. The molecule has 2 amide bonds. The Morgan fingerprint density at radius 3 is 2.48 bits per heavy atom. The molecule has 0 radical (unpaired) electrons. The molecular weight excluding hydrogens is 369 g/mol. The van der Waals surface area contributed by atoms with Crippen molar-refractivity contribution in [3.63, 3.8) is 0 Å². The fourth-order valence-electron chi connectivity index (χ4n) is 2.33. The molecule has 0 aliphatic carbocycles. The van der Waals surface area contributed by atoms with Gasteiger partial charge in [-0.25, -0.2) is 4.39 Å². The molecule has 7 heteroatoms. The summed E-state index contributed by atoms with van der Waals surface area (Å²) in [6.07, 6.45) is 1.35. The summed E-state index contributed by atoms with van der Waals surface area (Å²) in [5, 5.41) is 5.81. The number of pyridine rings is 1. The van der Waals surface area contributed by atoms with Gasteiger partial charge in [-0.1, -0.05) is 35.9 Å². The minimum absolute atomic E-state index is 0.0115. The minimum Gasteiger partial charge on any atom is -0.348 e. The molecule has 0 bridgehead atoms. The molecule has 0 aliphatic rings. The van der Waals surface area contributed by atoms with Gasteiger partial charge in [0.1, 0.15) is 11.5 Å². The number of halogens is 2. The molecule has 5 nitrogen and oxygen atoms in total. The fraction of sp³-hybridized carbons (Fsp3) is 0.0500. The van der Waals surface area contributed by atoms with Crippen LogP contribution in [0.3, 0.4) is 0 Å². The van der Waals surface area contributed by atoms with Gasteiger partial charge >= 0.3 is 0 Å². The highest BCUT2D eigenvalue weighted by atomic mass is 35.5. The van der Waals surface area contributed by atoms with Crippen molar-refractivity contribution in [1.82, 2.24) is 10.3 Å². The zero-order chi connectivity index (χ0) is 19.2. The number of hydrogen-bond donors (Lipinski definition) is 2. The molecule has 27 heavy (non-hydrogen) atoms. The van der Waals surface area contributed by atoms with Crippen LogP contribution in [0.2, 0.25) is 5.02 Å². The molecule has 1 aromatic heterocycles. The number of benzene rings is 2. The van der Waals surface area contributed by atoms with Crippen molar-refractivity contribution in [3.05, 3.63) is 94.5 Å². The van der Waals surface area contributed by atoms with E-state index >= 15 is 0 Å². The number of amides is 2. The van der Waals surface area contributed by atoms with Gasteiger partial charge in [-0.15, -0.1) is 0 Å². The quantitative estimate of drug-likeness (QED) is 0.698. The summed E-state index contributed by atoms with van der Waals surface area (Å²) in [5.74, 6) is -1.51. The second-order valence-electron chi connectivity index (χ2n) is 5.67. The third kappa shape index (κ3) is 4.89. The van der Waals surface area contributed by atoms with Gasteiger partial charge in [-0.05, 0) is 42.0 Å². The van der Waals surface area contributed by atoms with E-state index in [4.69, 9.17) is 11.6 Å². The Morgan fingerprint density at radius 1 is 1.00 bits per heavy atom. The summed E-state index contributed by atoms with van der Waals surface area (Å²) >= 11 is 5.83. The smallest absolute Gasteiger partial charge is 0.274 e. The number of anilines is 1. The highest BCUT2D eigenvalue weighted by molar-refractivity contribution is 6.30. The van der Waals surface area contributed by atoms with E-state index in [1.807, 2.05) is 12.1 Å². The van der Waals surface area contributed by atoms with Gasteiger partial charge in [0.2, 0.25) is 0 Å². The van der Waals surface area contributed by atoms with Crippen LogP contribution in [0.4, 0.5) is 10.1 Å². The lowest BCUT2D eigenvalue weighted by Gasteiger charge is -2.08. The number of carbonyl (C=O) groups is 2. The highest BCUT2D eigenvalue weighted by Gasteiger charge is 2.13. The zero-order valence-electron chi connectivity index (χ0n) is 14.1. The Hall–Kier alpha value is -3.25. The fourth-order valence-corrected chi connectivity index (χ4v) is 2.46. The lowest BCUT2D eigenvalue weighted by molar-refractivity contribution is 0.0951. The van der Waals surface area contributed by atoms with Crippen molar-refractivity contribution in [2.75, 3.05) is 5.32 Å². The Balaban J connectivity index is 1.67. The van der Waals surface area contributed by atoms with E-state index in [0.717, 1.165) is 5.56 Å². The molecule has 2 N–H and O–H groups in total. The SMILES string of the molecule is O=C(NCc1ccc(Cl)cc1)c1ccnc(C(=O)Nc2ccccc2F)c1. The maximum absolute atomic E-state index is 13.7. The molecule has 0 fully saturated rings. The summed E-state index contributed by atoms with van der Waals surface area (Å²) in [6, 6.07) is 15.7. The van der Waals surface area contributed by atoms with Crippen molar-refractivity contribution in [2.45, 2.75) is 6.54 Å². The molecule has 1 heterocycles. The van der Waals surface area contributed by atoms with E-state index in [9.17, 15) is 14.0 Å². The molecule has 2 aromatic carbocycles. The minimum atomic E-state index is -0.604. The maximum atomic E-state index is 13.7. The number of nitrogens with zero attached hydrogens (tertiary/aromatic N) is 1. The van der Waals surface area contributed by atoms with Crippen LogP contribution in [0.1, 0.15) is 26.4 Å². The number of aromatic nitrogens is 1. The second-order valence-corrected chi connectivity index (χ2v) is 6.11. The van der Waals surface area contributed by atoms with Crippen LogP contribution >= 0.6 is 11.6 Å². The van der Waals surface area contributed by atoms with Crippen LogP contribution in [-0.2, 0) is 6.54 Å². The molecular formula is C20H15ClFN3O2. The van der Waals surface area contributed by atoms with Gasteiger partial charge < -0.3 is 10.6 Å². The monoisotopic (exact) mass is 383 g/mol. The van der Waals surface area contributed by atoms with E-state index in [1.54, 1.807) is 18.2 Å². The van der Waals surface area contributed by atoms with Gasteiger partial charge in [0.25, 0.3) is 11.8 Å². The summed E-state index contributed by atoms with van der Waals surface area (Å²) in [7, 11) is 0. The first-order chi connectivity index (χ1) is 13.0. The largest absolute Gasteiger partial charge is 0.348 e. The lowest BCUT2D eigenvalue weighted by atomic mass is 10.2. The van der Waals surface area contributed by atoms with Gasteiger partial charge in [0, 0.05) is 23.3 Å². The molecule has 0 spiro atoms. The zero-order valence-corrected chi connectivity index (χ0v) is 14.8. The first-order valence-electron chi connectivity index (χ1n) is 8.07. The normalized spacial score (nSPS) is 10.3. The van der Waals surface area contributed by atoms with Gasteiger partial charge in [-0.3, -0.25) is 14.6 Å². The molecule has 3 aromatic rings. The van der Waals surface area contributed by atoms with Gasteiger partial charge in [0.15, 0.2) is 0 Å². The molecule has 0 aliphatic heterocycles. The average molecular weight is 384 g/mol. The molecule has 3 rings (SSSR count). The Kier molecular flexibility index (Phi) is 5.78. The highest BCUT2D eigenvalue weighted by Crippen LogP contribution is 2.14. The van der Waals surface area contributed by atoms with E-state index in [1.165, 1.54) is 36.5 Å². The predicted molar refractivity (Wildman–Crippen MR) is 101 cm³/mol. The third-order valence-electron chi connectivity index (χ3n) is 3.74. The van der Waals surface area contributed by atoms with Gasteiger partial charge in [-0.2, -0.15) is 0 Å². The van der Waals surface area contributed by atoms with Crippen molar-refractivity contribution < 1.29 is 14.0 Å². The number of nitrogens with one attached hydrogen (secondary N) is 2. The molecule has 0 saturated carbocycles. The Morgan fingerprint density at radius 2 is 1.74 bits per heavy atom. The van der Waals surface area contributed by atoms with Gasteiger partial charge in [0.05, 0.1) is 5.69 Å². The van der Waals surface area contributed by atoms with Crippen LogP contribution in [0, 0.1) is 5.82 Å². The lowest BCUT2D eigenvalue weighted by Crippen LogP contribution is -2.23. The van der Waals surface area contributed by atoms with Crippen molar-refractivity contribution in [2.24, 2.45) is 0 Å². The first kappa shape index (κ1) is 18.5.